The quantitative estimate of drug-likeness (QED) is 0.546. The van der Waals surface area contributed by atoms with Crippen LogP contribution in [0.5, 0.6) is 0 Å². The Hall–Kier alpha value is -1.60. The van der Waals surface area contributed by atoms with E-state index in [0.29, 0.717) is 5.56 Å². The number of halogens is 1. The number of rotatable bonds is 2. The Labute approximate surface area is 86.7 Å². The molecule has 0 N–H and O–H groups in total. The zero-order valence-corrected chi connectivity index (χ0v) is 8.32. The van der Waals surface area contributed by atoms with Gasteiger partial charge in [-0.05, 0) is 12.1 Å². The molecule has 1 rings (SSSR count). The molecule has 4 nitrogen and oxygen atoms in total. The van der Waals surface area contributed by atoms with Crippen LogP contribution in [-0.2, 0) is 0 Å². The van der Waals surface area contributed by atoms with Crippen molar-refractivity contribution < 1.29 is 4.79 Å². The van der Waals surface area contributed by atoms with Crippen LogP contribution in [-0.4, -0.2) is 29.4 Å². The van der Waals surface area contributed by atoms with Crippen LogP contribution in [0.1, 0.15) is 10.4 Å². The number of carbonyl (C=O) groups is 1. The topological polar surface area (TPSA) is 57.0 Å². The predicted molar refractivity (Wildman–Crippen MR) is 51.8 cm³/mol. The molecule has 0 aromatic carbocycles. The Morgan fingerprint density at radius 2 is 2.50 bits per heavy atom. The highest BCUT2D eigenvalue weighted by molar-refractivity contribution is 6.32. The summed E-state index contributed by atoms with van der Waals surface area (Å²) in [5.41, 5.74) is 0.312. The van der Waals surface area contributed by atoms with Gasteiger partial charge in [-0.15, -0.1) is 0 Å². The van der Waals surface area contributed by atoms with E-state index in [4.69, 9.17) is 16.9 Å². The number of amides is 1. The summed E-state index contributed by atoms with van der Waals surface area (Å²) in [6.45, 7) is 0.0318. The molecule has 0 aliphatic heterocycles. The third-order valence-corrected chi connectivity index (χ3v) is 1.95. The van der Waals surface area contributed by atoms with Crippen molar-refractivity contribution in [2.24, 2.45) is 0 Å². The fraction of sp³-hybridized carbons (Fsp3) is 0.222. The zero-order valence-electron chi connectivity index (χ0n) is 7.57. The van der Waals surface area contributed by atoms with Crippen molar-refractivity contribution in [1.29, 1.82) is 5.26 Å². The van der Waals surface area contributed by atoms with Gasteiger partial charge < -0.3 is 4.90 Å². The maximum atomic E-state index is 11.6. The molecule has 1 aromatic rings. The molecule has 14 heavy (non-hydrogen) atoms. The highest BCUT2D eigenvalue weighted by atomic mass is 35.5. The van der Waals surface area contributed by atoms with Crippen LogP contribution in [0.3, 0.4) is 0 Å². The van der Waals surface area contributed by atoms with E-state index in [9.17, 15) is 4.79 Å². The van der Waals surface area contributed by atoms with Crippen molar-refractivity contribution in [2.45, 2.75) is 0 Å². The number of nitrogens with zero attached hydrogens (tertiary/aromatic N) is 3. The van der Waals surface area contributed by atoms with Gasteiger partial charge in [0.15, 0.2) is 0 Å². The van der Waals surface area contributed by atoms with Crippen molar-refractivity contribution in [3.8, 4) is 6.07 Å². The van der Waals surface area contributed by atoms with Gasteiger partial charge in [0.2, 0.25) is 0 Å². The van der Waals surface area contributed by atoms with E-state index in [0.717, 1.165) is 0 Å². The van der Waals surface area contributed by atoms with Gasteiger partial charge in [-0.3, -0.25) is 4.79 Å². The Kier molecular flexibility index (Phi) is 3.43. The maximum Gasteiger partial charge on any atom is 0.257 e. The highest BCUT2D eigenvalue weighted by Gasteiger charge is 2.14. The van der Waals surface area contributed by atoms with Gasteiger partial charge in [0.25, 0.3) is 5.91 Å². The lowest BCUT2D eigenvalue weighted by molar-refractivity contribution is 0.0812. The molecule has 0 aliphatic rings. The molecular formula is C9H8ClN3O. The van der Waals surface area contributed by atoms with Gasteiger partial charge in [0, 0.05) is 13.2 Å². The summed E-state index contributed by atoms with van der Waals surface area (Å²) in [7, 11) is 1.54. The van der Waals surface area contributed by atoms with Crippen LogP contribution in [0.25, 0.3) is 0 Å². The number of hydrogen-bond acceptors (Lipinski definition) is 3. The molecule has 0 saturated heterocycles. The lowest BCUT2D eigenvalue weighted by atomic mass is 10.2. The SMILES string of the molecule is CN(CC#N)C(=O)c1cccnc1Cl. The van der Waals surface area contributed by atoms with Gasteiger partial charge in [-0.2, -0.15) is 5.26 Å². The summed E-state index contributed by atoms with van der Waals surface area (Å²) < 4.78 is 0. The van der Waals surface area contributed by atoms with Crippen LogP contribution in [0.15, 0.2) is 18.3 Å². The van der Waals surface area contributed by atoms with E-state index in [2.05, 4.69) is 4.98 Å². The number of carbonyl (C=O) groups excluding carboxylic acids is 1. The third-order valence-electron chi connectivity index (χ3n) is 1.64. The Morgan fingerprint density at radius 1 is 1.79 bits per heavy atom. The predicted octanol–water partition coefficient (Wildman–Crippen LogP) is 1.33. The molecule has 5 heteroatoms. The first kappa shape index (κ1) is 10.5. The maximum absolute atomic E-state index is 11.6. The molecule has 0 spiro atoms. The number of hydrogen-bond donors (Lipinski definition) is 0. The summed E-state index contributed by atoms with van der Waals surface area (Å²) in [5.74, 6) is -0.301. The summed E-state index contributed by atoms with van der Waals surface area (Å²) in [6.07, 6.45) is 1.50. The lowest BCUT2D eigenvalue weighted by Gasteiger charge is -2.12. The van der Waals surface area contributed by atoms with E-state index in [1.165, 1.54) is 18.1 Å². The smallest absolute Gasteiger partial charge is 0.257 e. The van der Waals surface area contributed by atoms with Gasteiger partial charge in [-0.25, -0.2) is 4.98 Å². The van der Waals surface area contributed by atoms with Crippen molar-refractivity contribution in [2.75, 3.05) is 13.6 Å². The second kappa shape index (κ2) is 4.58. The Morgan fingerprint density at radius 3 is 3.07 bits per heavy atom. The van der Waals surface area contributed by atoms with Crippen molar-refractivity contribution in [1.82, 2.24) is 9.88 Å². The van der Waals surface area contributed by atoms with Gasteiger partial charge in [0.05, 0.1) is 11.6 Å². The minimum atomic E-state index is -0.301. The minimum absolute atomic E-state index is 0.0318. The Balaban J connectivity index is 2.91. The van der Waals surface area contributed by atoms with E-state index in [-0.39, 0.29) is 17.6 Å². The zero-order chi connectivity index (χ0) is 10.6. The fourth-order valence-electron chi connectivity index (χ4n) is 0.929. The molecule has 0 aliphatic carbocycles. The molecule has 0 bridgehead atoms. The van der Waals surface area contributed by atoms with E-state index in [1.807, 2.05) is 6.07 Å². The highest BCUT2D eigenvalue weighted by Crippen LogP contribution is 2.13. The number of nitriles is 1. The molecule has 1 amide bonds. The number of aromatic nitrogens is 1. The first-order valence-electron chi connectivity index (χ1n) is 3.89. The first-order chi connectivity index (χ1) is 6.66. The monoisotopic (exact) mass is 209 g/mol. The normalized spacial score (nSPS) is 9.21. The Bertz CT molecular complexity index is 386. The average molecular weight is 210 g/mol. The summed E-state index contributed by atoms with van der Waals surface area (Å²) in [5, 5.41) is 8.56. The lowest BCUT2D eigenvalue weighted by Crippen LogP contribution is -2.27. The van der Waals surface area contributed by atoms with Gasteiger partial charge in [0.1, 0.15) is 11.7 Å². The van der Waals surface area contributed by atoms with E-state index < -0.39 is 0 Å². The van der Waals surface area contributed by atoms with Gasteiger partial charge in [-0.1, -0.05) is 11.6 Å². The molecular weight excluding hydrogens is 202 g/mol. The first-order valence-corrected chi connectivity index (χ1v) is 4.27. The second-order valence-corrected chi connectivity index (χ2v) is 3.02. The molecule has 0 unspecified atom stereocenters. The average Bonchev–Trinajstić information content (AvgIpc) is 2.18. The van der Waals surface area contributed by atoms with Crippen LogP contribution in [0, 0.1) is 11.3 Å². The van der Waals surface area contributed by atoms with Crippen LogP contribution in [0.2, 0.25) is 5.15 Å². The van der Waals surface area contributed by atoms with Crippen LogP contribution < -0.4 is 0 Å². The number of pyridine rings is 1. The second-order valence-electron chi connectivity index (χ2n) is 2.66. The van der Waals surface area contributed by atoms with Crippen molar-refractivity contribution >= 4 is 17.5 Å². The van der Waals surface area contributed by atoms with Crippen molar-refractivity contribution in [3.63, 3.8) is 0 Å². The minimum Gasteiger partial charge on any atom is -0.328 e. The van der Waals surface area contributed by atoms with E-state index in [1.54, 1.807) is 12.1 Å². The molecule has 1 aromatic heterocycles. The van der Waals surface area contributed by atoms with Crippen molar-refractivity contribution in [3.05, 3.63) is 29.0 Å². The molecule has 0 saturated carbocycles. The summed E-state index contributed by atoms with van der Waals surface area (Å²) in [6, 6.07) is 5.08. The van der Waals surface area contributed by atoms with Crippen LogP contribution >= 0.6 is 11.6 Å². The van der Waals surface area contributed by atoms with Gasteiger partial charge >= 0.3 is 0 Å². The molecule has 0 radical (unpaired) electrons. The van der Waals surface area contributed by atoms with Crippen LogP contribution in [0.4, 0.5) is 0 Å². The molecule has 72 valence electrons. The summed E-state index contributed by atoms with van der Waals surface area (Å²) in [4.78, 5) is 16.7. The molecule has 0 fully saturated rings. The molecule has 0 atom stereocenters. The standard InChI is InChI=1S/C9H8ClN3O/c1-13(6-4-11)9(14)7-3-2-5-12-8(7)10/h2-3,5H,6H2,1H3. The molecule has 1 heterocycles. The fourth-order valence-corrected chi connectivity index (χ4v) is 1.13. The largest absolute Gasteiger partial charge is 0.328 e. The van der Waals surface area contributed by atoms with E-state index >= 15 is 0 Å². The third kappa shape index (κ3) is 2.21. The summed E-state index contributed by atoms with van der Waals surface area (Å²) >= 11 is 5.72.